The molecule has 0 saturated carbocycles. The van der Waals surface area contributed by atoms with E-state index in [1.54, 1.807) is 14.0 Å². The minimum absolute atomic E-state index is 0.0249. The third-order valence-corrected chi connectivity index (χ3v) is 2.03. The third kappa shape index (κ3) is 6.54. The predicted molar refractivity (Wildman–Crippen MR) is 52.5 cm³/mol. The van der Waals surface area contributed by atoms with Gasteiger partial charge >= 0.3 is 0 Å². The van der Waals surface area contributed by atoms with Crippen molar-refractivity contribution in [3.05, 3.63) is 0 Å². The zero-order chi connectivity index (χ0) is 10.3. The fourth-order valence-corrected chi connectivity index (χ4v) is 0.741. The molecule has 3 N–H and O–H groups in total. The van der Waals surface area contributed by atoms with Crippen LogP contribution in [-0.2, 0) is 4.79 Å². The molecule has 0 aliphatic rings. The van der Waals surface area contributed by atoms with Crippen molar-refractivity contribution in [3.63, 3.8) is 0 Å². The minimum atomic E-state index is -0.782. The average Bonchev–Trinajstić information content (AvgIpc) is 2.11. The number of rotatable bonds is 6. The van der Waals surface area contributed by atoms with Crippen molar-refractivity contribution < 1.29 is 9.90 Å². The minimum Gasteiger partial charge on any atom is -0.388 e. The zero-order valence-corrected chi connectivity index (χ0v) is 8.68. The van der Waals surface area contributed by atoms with Gasteiger partial charge in [-0.05, 0) is 20.4 Å². The molecular formula is C9H20N2O2. The molecule has 78 valence electrons. The van der Waals surface area contributed by atoms with Crippen LogP contribution < -0.4 is 10.6 Å². The summed E-state index contributed by atoms with van der Waals surface area (Å²) in [7, 11) is 1.80. The van der Waals surface area contributed by atoms with Gasteiger partial charge in [0, 0.05) is 19.5 Å². The molecule has 0 saturated heterocycles. The molecule has 0 radical (unpaired) electrons. The summed E-state index contributed by atoms with van der Waals surface area (Å²) in [5.41, 5.74) is -0.782. The second kappa shape index (κ2) is 5.94. The highest BCUT2D eigenvalue weighted by atomic mass is 16.3. The Morgan fingerprint density at radius 2 is 2.15 bits per heavy atom. The molecule has 0 aromatic rings. The van der Waals surface area contributed by atoms with Gasteiger partial charge in [-0.15, -0.1) is 0 Å². The van der Waals surface area contributed by atoms with E-state index >= 15 is 0 Å². The first-order chi connectivity index (χ1) is 6.02. The van der Waals surface area contributed by atoms with Gasteiger partial charge in [0.25, 0.3) is 0 Å². The van der Waals surface area contributed by atoms with Crippen LogP contribution in [0.15, 0.2) is 0 Å². The van der Waals surface area contributed by atoms with Crippen LogP contribution in [0.2, 0.25) is 0 Å². The Hall–Kier alpha value is -0.610. The first-order valence-corrected chi connectivity index (χ1v) is 4.65. The topological polar surface area (TPSA) is 61.4 Å². The van der Waals surface area contributed by atoms with E-state index in [0.717, 1.165) is 0 Å². The molecule has 0 aromatic carbocycles. The van der Waals surface area contributed by atoms with Gasteiger partial charge in [0.05, 0.1) is 5.60 Å². The van der Waals surface area contributed by atoms with Gasteiger partial charge in [-0.1, -0.05) is 6.92 Å². The van der Waals surface area contributed by atoms with Crippen LogP contribution >= 0.6 is 0 Å². The van der Waals surface area contributed by atoms with Crippen LogP contribution in [0.4, 0.5) is 0 Å². The fourth-order valence-electron chi connectivity index (χ4n) is 0.741. The molecule has 1 unspecified atom stereocenters. The number of carbonyl (C=O) groups is 1. The van der Waals surface area contributed by atoms with E-state index in [4.69, 9.17) is 0 Å². The molecule has 0 rings (SSSR count). The Morgan fingerprint density at radius 3 is 2.62 bits per heavy atom. The maximum atomic E-state index is 11.1. The molecule has 0 heterocycles. The van der Waals surface area contributed by atoms with E-state index in [0.29, 0.717) is 25.9 Å². The number of hydrogen-bond acceptors (Lipinski definition) is 3. The average molecular weight is 188 g/mol. The van der Waals surface area contributed by atoms with E-state index in [1.807, 2.05) is 6.92 Å². The normalized spacial score (nSPS) is 15.1. The van der Waals surface area contributed by atoms with Gasteiger partial charge in [0.1, 0.15) is 0 Å². The van der Waals surface area contributed by atoms with Crippen molar-refractivity contribution in [1.29, 1.82) is 0 Å². The lowest BCUT2D eigenvalue weighted by molar-refractivity contribution is -0.122. The largest absolute Gasteiger partial charge is 0.388 e. The van der Waals surface area contributed by atoms with Crippen molar-refractivity contribution in [1.82, 2.24) is 10.6 Å². The van der Waals surface area contributed by atoms with Crippen LogP contribution in [-0.4, -0.2) is 36.8 Å². The quantitative estimate of drug-likeness (QED) is 0.544. The highest BCUT2D eigenvalue weighted by molar-refractivity contribution is 5.76. The lowest BCUT2D eigenvalue weighted by atomic mass is 10.0. The first-order valence-electron chi connectivity index (χ1n) is 4.65. The predicted octanol–water partition coefficient (Wildman–Crippen LogP) is -0.127. The van der Waals surface area contributed by atoms with E-state index in [-0.39, 0.29) is 5.91 Å². The van der Waals surface area contributed by atoms with Crippen molar-refractivity contribution in [2.75, 3.05) is 20.1 Å². The van der Waals surface area contributed by atoms with Gasteiger partial charge in [0.2, 0.25) is 5.91 Å². The SMILES string of the molecule is CCC(C)(O)CNC(=O)CCNC. The Labute approximate surface area is 79.7 Å². The van der Waals surface area contributed by atoms with Crippen LogP contribution in [0.5, 0.6) is 0 Å². The summed E-state index contributed by atoms with van der Waals surface area (Å²) >= 11 is 0. The molecule has 0 spiro atoms. The summed E-state index contributed by atoms with van der Waals surface area (Å²) in [6.07, 6.45) is 1.09. The van der Waals surface area contributed by atoms with E-state index in [9.17, 15) is 9.90 Å². The van der Waals surface area contributed by atoms with Gasteiger partial charge in [-0.3, -0.25) is 4.79 Å². The molecule has 0 aliphatic carbocycles. The summed E-state index contributed by atoms with van der Waals surface area (Å²) in [5, 5.41) is 15.1. The van der Waals surface area contributed by atoms with Crippen molar-refractivity contribution in [2.45, 2.75) is 32.3 Å². The summed E-state index contributed by atoms with van der Waals surface area (Å²) < 4.78 is 0. The van der Waals surface area contributed by atoms with E-state index in [1.165, 1.54) is 0 Å². The van der Waals surface area contributed by atoms with Gasteiger partial charge < -0.3 is 15.7 Å². The van der Waals surface area contributed by atoms with E-state index < -0.39 is 5.60 Å². The number of nitrogens with one attached hydrogen (secondary N) is 2. The van der Waals surface area contributed by atoms with Crippen molar-refractivity contribution in [3.8, 4) is 0 Å². The number of hydrogen-bond donors (Lipinski definition) is 3. The monoisotopic (exact) mass is 188 g/mol. The lowest BCUT2D eigenvalue weighted by Gasteiger charge is -2.21. The maximum Gasteiger partial charge on any atom is 0.221 e. The van der Waals surface area contributed by atoms with Gasteiger partial charge in [0.15, 0.2) is 0 Å². The first kappa shape index (κ1) is 12.4. The van der Waals surface area contributed by atoms with Gasteiger partial charge in [-0.25, -0.2) is 0 Å². The Bertz CT molecular complexity index is 158. The standard InChI is InChI=1S/C9H20N2O2/c1-4-9(2,13)7-11-8(12)5-6-10-3/h10,13H,4-7H2,1-3H3,(H,11,12). The van der Waals surface area contributed by atoms with Crippen LogP contribution in [0.25, 0.3) is 0 Å². The molecule has 1 amide bonds. The highest BCUT2D eigenvalue weighted by Gasteiger charge is 2.17. The molecule has 0 bridgehead atoms. The summed E-state index contributed by atoms with van der Waals surface area (Å²) in [5.74, 6) is -0.0249. The number of amides is 1. The molecular weight excluding hydrogens is 168 g/mol. The summed E-state index contributed by atoms with van der Waals surface area (Å²) in [4.78, 5) is 11.1. The third-order valence-electron chi connectivity index (χ3n) is 2.03. The lowest BCUT2D eigenvalue weighted by Crippen LogP contribution is -2.40. The molecule has 1 atom stereocenters. The Kier molecular flexibility index (Phi) is 5.66. The smallest absolute Gasteiger partial charge is 0.221 e. The second-order valence-electron chi connectivity index (χ2n) is 3.48. The molecule has 4 heteroatoms. The molecule has 0 aliphatic heterocycles. The van der Waals surface area contributed by atoms with Crippen molar-refractivity contribution >= 4 is 5.91 Å². The summed E-state index contributed by atoms with van der Waals surface area (Å²) in [6, 6.07) is 0. The number of carbonyl (C=O) groups excluding carboxylic acids is 1. The fraction of sp³-hybridized carbons (Fsp3) is 0.889. The number of aliphatic hydroxyl groups is 1. The van der Waals surface area contributed by atoms with Crippen LogP contribution in [0.3, 0.4) is 0 Å². The van der Waals surface area contributed by atoms with Gasteiger partial charge in [-0.2, -0.15) is 0 Å². The Balaban J connectivity index is 3.57. The van der Waals surface area contributed by atoms with Crippen LogP contribution in [0, 0.1) is 0 Å². The maximum absolute atomic E-state index is 11.1. The second-order valence-corrected chi connectivity index (χ2v) is 3.48. The summed E-state index contributed by atoms with van der Waals surface area (Å²) in [6.45, 7) is 4.59. The highest BCUT2D eigenvalue weighted by Crippen LogP contribution is 2.05. The molecule has 13 heavy (non-hydrogen) atoms. The Morgan fingerprint density at radius 1 is 1.54 bits per heavy atom. The van der Waals surface area contributed by atoms with E-state index in [2.05, 4.69) is 10.6 Å². The molecule has 0 aromatic heterocycles. The van der Waals surface area contributed by atoms with Crippen molar-refractivity contribution in [2.24, 2.45) is 0 Å². The molecule has 0 fully saturated rings. The zero-order valence-electron chi connectivity index (χ0n) is 8.68. The van der Waals surface area contributed by atoms with Crippen LogP contribution in [0.1, 0.15) is 26.7 Å². The molecule has 4 nitrogen and oxygen atoms in total.